The first kappa shape index (κ1) is 23.1. The molecule has 1 aromatic heterocycles. The van der Waals surface area contributed by atoms with Gasteiger partial charge in [-0.1, -0.05) is 50.6 Å². The highest BCUT2D eigenvalue weighted by Crippen LogP contribution is 2.34. The van der Waals surface area contributed by atoms with Crippen molar-refractivity contribution in [2.24, 2.45) is 11.8 Å². The van der Waals surface area contributed by atoms with Gasteiger partial charge in [-0.2, -0.15) is 0 Å². The number of hydrogen-bond donors (Lipinski definition) is 1. The van der Waals surface area contributed by atoms with Crippen molar-refractivity contribution in [3.8, 4) is 11.4 Å². The maximum Gasteiger partial charge on any atom is 0.271 e. The molecule has 3 atom stereocenters. The molecule has 2 aromatic carbocycles. The van der Waals surface area contributed by atoms with E-state index in [-0.39, 0.29) is 23.4 Å². The molecule has 3 aromatic rings. The third-order valence-corrected chi connectivity index (χ3v) is 7.47. The zero-order chi connectivity index (χ0) is 23.5. The van der Waals surface area contributed by atoms with E-state index in [2.05, 4.69) is 24.1 Å². The van der Waals surface area contributed by atoms with Gasteiger partial charge in [0.15, 0.2) is 5.16 Å². The molecule has 174 valence electrons. The normalized spacial score (nSPS) is 20.5. The van der Waals surface area contributed by atoms with Crippen molar-refractivity contribution >= 4 is 34.4 Å². The van der Waals surface area contributed by atoms with Crippen LogP contribution in [0.4, 0.5) is 5.69 Å². The monoisotopic (exact) mass is 468 g/mol. The Morgan fingerprint density at radius 2 is 2.06 bits per heavy atom. The molecule has 0 saturated heterocycles. The molecular weight excluding hydrogens is 440 g/mol. The molecule has 1 aliphatic rings. The highest BCUT2D eigenvalue weighted by atomic mass is 32.2. The van der Waals surface area contributed by atoms with Gasteiger partial charge >= 0.3 is 0 Å². The van der Waals surface area contributed by atoms with Crippen LogP contribution in [0, 0.1) is 22.0 Å². The molecule has 1 fully saturated rings. The third-order valence-electron chi connectivity index (χ3n) is 6.53. The Kier molecular flexibility index (Phi) is 6.88. The lowest BCUT2D eigenvalue weighted by molar-refractivity contribution is -0.384. The summed E-state index contributed by atoms with van der Waals surface area (Å²) in [5.74, 6) is 1.87. The SMILES string of the molecule is COc1ccccc1-n1c(SCC(=O)NC2CCCC(C)C2C)nc2cc([N+](=O)[O-])ccc21. The molecular formula is C24H28N4O4S. The number of benzene rings is 2. The van der Waals surface area contributed by atoms with Crippen molar-refractivity contribution in [2.45, 2.75) is 44.3 Å². The van der Waals surface area contributed by atoms with E-state index >= 15 is 0 Å². The molecule has 1 amide bonds. The number of rotatable bonds is 7. The fourth-order valence-corrected chi connectivity index (χ4v) is 5.30. The lowest BCUT2D eigenvalue weighted by Gasteiger charge is -2.34. The van der Waals surface area contributed by atoms with Crippen molar-refractivity contribution < 1.29 is 14.5 Å². The molecule has 1 heterocycles. The summed E-state index contributed by atoms with van der Waals surface area (Å²) in [5, 5.41) is 15.0. The molecule has 1 N–H and O–H groups in total. The number of imidazole rings is 1. The molecule has 1 aliphatic carbocycles. The Balaban J connectivity index is 1.63. The van der Waals surface area contributed by atoms with Gasteiger partial charge in [0.1, 0.15) is 5.75 Å². The Morgan fingerprint density at radius 1 is 1.27 bits per heavy atom. The van der Waals surface area contributed by atoms with E-state index < -0.39 is 4.92 Å². The van der Waals surface area contributed by atoms with Gasteiger partial charge in [0, 0.05) is 18.2 Å². The number of amides is 1. The van der Waals surface area contributed by atoms with Crippen LogP contribution in [-0.2, 0) is 4.79 Å². The molecule has 8 nitrogen and oxygen atoms in total. The van der Waals surface area contributed by atoms with Crippen LogP contribution < -0.4 is 10.1 Å². The predicted molar refractivity (Wildman–Crippen MR) is 129 cm³/mol. The zero-order valence-corrected chi connectivity index (χ0v) is 19.8. The summed E-state index contributed by atoms with van der Waals surface area (Å²) in [4.78, 5) is 28.2. The third kappa shape index (κ3) is 4.83. The second kappa shape index (κ2) is 9.82. The fraction of sp³-hybridized carbons (Fsp3) is 0.417. The van der Waals surface area contributed by atoms with Gasteiger partial charge in [0.2, 0.25) is 5.91 Å². The number of nitro benzene ring substituents is 1. The number of carbonyl (C=O) groups excluding carboxylic acids is 1. The van der Waals surface area contributed by atoms with Gasteiger partial charge in [-0.15, -0.1) is 0 Å². The molecule has 0 bridgehead atoms. The average Bonchev–Trinajstić information content (AvgIpc) is 3.18. The van der Waals surface area contributed by atoms with Gasteiger partial charge < -0.3 is 10.1 Å². The molecule has 33 heavy (non-hydrogen) atoms. The number of non-ortho nitro benzene ring substituents is 1. The van der Waals surface area contributed by atoms with Crippen LogP contribution in [0.3, 0.4) is 0 Å². The first-order valence-electron chi connectivity index (χ1n) is 11.1. The standard InChI is InChI=1S/C24H28N4O4S/c1-15-7-6-8-18(16(15)2)25-23(29)14-33-24-26-19-13-17(28(30)31)11-12-20(19)27(24)21-9-4-5-10-22(21)32-3/h4-5,9-13,15-16,18H,6-8,14H2,1-3H3,(H,25,29). The van der Waals surface area contributed by atoms with Gasteiger partial charge in [0.05, 0.1) is 34.5 Å². The summed E-state index contributed by atoms with van der Waals surface area (Å²) in [6.45, 7) is 4.45. The van der Waals surface area contributed by atoms with Crippen LogP contribution >= 0.6 is 11.8 Å². The van der Waals surface area contributed by atoms with Crippen LogP contribution in [-0.4, -0.2) is 39.3 Å². The maximum atomic E-state index is 12.8. The number of thioether (sulfide) groups is 1. The van der Waals surface area contributed by atoms with Gasteiger partial charge in [-0.3, -0.25) is 19.5 Å². The Bertz CT molecular complexity index is 1180. The van der Waals surface area contributed by atoms with Gasteiger partial charge in [-0.25, -0.2) is 4.98 Å². The summed E-state index contributed by atoms with van der Waals surface area (Å²) in [6, 6.07) is 12.3. The molecule has 9 heteroatoms. The summed E-state index contributed by atoms with van der Waals surface area (Å²) in [7, 11) is 1.59. The van der Waals surface area contributed by atoms with E-state index in [1.807, 2.05) is 28.8 Å². The van der Waals surface area contributed by atoms with Crippen molar-refractivity contribution in [3.63, 3.8) is 0 Å². The van der Waals surface area contributed by atoms with Crippen molar-refractivity contribution in [2.75, 3.05) is 12.9 Å². The number of carbonyl (C=O) groups is 1. The lowest BCUT2D eigenvalue weighted by Crippen LogP contribution is -2.44. The number of nitrogens with zero attached hydrogens (tertiary/aromatic N) is 3. The number of hydrogen-bond acceptors (Lipinski definition) is 6. The van der Waals surface area contributed by atoms with E-state index in [0.717, 1.165) is 18.5 Å². The summed E-state index contributed by atoms with van der Waals surface area (Å²) in [6.07, 6.45) is 3.34. The number of nitrogens with one attached hydrogen (secondary N) is 1. The Hall–Kier alpha value is -3.07. The fourth-order valence-electron chi connectivity index (χ4n) is 4.47. The molecule has 3 unspecified atom stereocenters. The number of aromatic nitrogens is 2. The molecule has 0 spiro atoms. The molecule has 0 aliphatic heterocycles. The summed E-state index contributed by atoms with van der Waals surface area (Å²) in [5.41, 5.74) is 1.94. The van der Waals surface area contributed by atoms with Crippen LogP contribution in [0.1, 0.15) is 33.1 Å². The molecule has 0 radical (unpaired) electrons. The summed E-state index contributed by atoms with van der Waals surface area (Å²) < 4.78 is 7.43. The second-order valence-corrected chi connectivity index (χ2v) is 9.50. The Morgan fingerprint density at radius 3 is 2.82 bits per heavy atom. The number of ether oxygens (including phenoxy) is 1. The van der Waals surface area contributed by atoms with Gasteiger partial charge in [-0.05, 0) is 36.5 Å². The van der Waals surface area contributed by atoms with E-state index in [0.29, 0.717) is 33.8 Å². The summed E-state index contributed by atoms with van der Waals surface area (Å²) >= 11 is 1.31. The van der Waals surface area contributed by atoms with Crippen molar-refractivity contribution in [1.82, 2.24) is 14.9 Å². The van der Waals surface area contributed by atoms with E-state index in [1.54, 1.807) is 13.2 Å². The predicted octanol–water partition coefficient (Wildman–Crippen LogP) is 4.98. The van der Waals surface area contributed by atoms with E-state index in [9.17, 15) is 14.9 Å². The second-order valence-electron chi connectivity index (χ2n) is 8.56. The first-order valence-corrected chi connectivity index (χ1v) is 12.1. The van der Waals surface area contributed by atoms with Crippen molar-refractivity contribution in [3.05, 3.63) is 52.6 Å². The number of methoxy groups -OCH3 is 1. The quantitative estimate of drug-likeness (QED) is 0.298. The number of fused-ring (bicyclic) bond motifs is 1. The number of para-hydroxylation sites is 2. The number of nitro groups is 1. The average molecular weight is 469 g/mol. The smallest absolute Gasteiger partial charge is 0.271 e. The van der Waals surface area contributed by atoms with Crippen LogP contribution in [0.15, 0.2) is 47.6 Å². The Labute approximate surface area is 196 Å². The van der Waals surface area contributed by atoms with Crippen LogP contribution in [0.2, 0.25) is 0 Å². The van der Waals surface area contributed by atoms with Crippen LogP contribution in [0.25, 0.3) is 16.7 Å². The van der Waals surface area contributed by atoms with E-state index in [1.165, 1.54) is 30.3 Å². The molecule has 4 rings (SSSR count). The van der Waals surface area contributed by atoms with Gasteiger partial charge in [0.25, 0.3) is 5.69 Å². The largest absolute Gasteiger partial charge is 0.495 e. The highest BCUT2D eigenvalue weighted by Gasteiger charge is 2.28. The lowest BCUT2D eigenvalue weighted by atomic mass is 9.78. The zero-order valence-electron chi connectivity index (χ0n) is 19.0. The minimum atomic E-state index is -0.436. The van der Waals surface area contributed by atoms with Crippen molar-refractivity contribution in [1.29, 1.82) is 0 Å². The first-order chi connectivity index (χ1) is 15.9. The minimum Gasteiger partial charge on any atom is -0.495 e. The topological polar surface area (TPSA) is 99.3 Å². The van der Waals surface area contributed by atoms with Crippen LogP contribution in [0.5, 0.6) is 5.75 Å². The minimum absolute atomic E-state index is 0.0260. The highest BCUT2D eigenvalue weighted by molar-refractivity contribution is 7.99. The van der Waals surface area contributed by atoms with E-state index in [4.69, 9.17) is 4.74 Å². The maximum absolute atomic E-state index is 12.8. The molecule has 1 saturated carbocycles.